The van der Waals surface area contributed by atoms with E-state index >= 15 is 0 Å². The van der Waals surface area contributed by atoms with Crippen LogP contribution in [0.15, 0.2) is 18.2 Å². The number of fused-ring (bicyclic) bond motifs is 1. The zero-order chi connectivity index (χ0) is 26.8. The Hall–Kier alpha value is -2.83. The molecule has 8 nitrogen and oxygen atoms in total. The van der Waals surface area contributed by atoms with Crippen molar-refractivity contribution in [1.82, 2.24) is 15.6 Å². The summed E-state index contributed by atoms with van der Waals surface area (Å²) in [6.07, 6.45) is 0.853. The number of H-pyrrole nitrogens is 1. The van der Waals surface area contributed by atoms with Crippen LogP contribution in [0, 0.1) is 23.2 Å². The van der Waals surface area contributed by atoms with Gasteiger partial charge < -0.3 is 20.4 Å². The minimum atomic E-state index is -1.74. The van der Waals surface area contributed by atoms with E-state index in [0.717, 1.165) is 5.39 Å². The van der Waals surface area contributed by atoms with Crippen LogP contribution in [0.2, 0.25) is 30.7 Å². The molecule has 0 radical (unpaired) electrons. The van der Waals surface area contributed by atoms with Gasteiger partial charge in [-0.25, -0.2) is 0 Å². The first-order valence-corrected chi connectivity index (χ1v) is 16.2. The molecule has 3 N–H and O–H groups in total. The number of ketones is 1. The van der Waals surface area contributed by atoms with Crippen molar-refractivity contribution in [1.29, 1.82) is 5.26 Å². The molecule has 2 heterocycles. The van der Waals surface area contributed by atoms with E-state index in [9.17, 15) is 19.6 Å². The van der Waals surface area contributed by atoms with E-state index in [1.165, 1.54) is 7.11 Å². The van der Waals surface area contributed by atoms with Crippen molar-refractivity contribution < 1.29 is 19.1 Å². The number of hydrogen-bond acceptors (Lipinski definition) is 5. The number of aromatic nitrogens is 1. The lowest BCUT2D eigenvalue weighted by Crippen LogP contribution is -2.42. The van der Waals surface area contributed by atoms with Crippen LogP contribution in [0.3, 0.4) is 0 Å². The number of carbonyl (C=O) groups is 3. The number of hydrogen-bond donors (Lipinski definition) is 3. The van der Waals surface area contributed by atoms with Crippen molar-refractivity contribution in [2.24, 2.45) is 11.8 Å². The van der Waals surface area contributed by atoms with Gasteiger partial charge in [0.25, 0.3) is 0 Å². The number of ether oxygens (including phenoxy) is 1. The average Bonchev–Trinajstić information content (AvgIpc) is 3.30. The fraction of sp³-hybridized carbons (Fsp3) is 0.538. The molecule has 36 heavy (non-hydrogen) atoms. The van der Waals surface area contributed by atoms with Crippen LogP contribution in [0.4, 0.5) is 0 Å². The second-order valence-electron chi connectivity index (χ2n) is 11.5. The Balaban J connectivity index is 1.76. The fourth-order valence-corrected chi connectivity index (χ4v) is 6.94. The van der Waals surface area contributed by atoms with Crippen molar-refractivity contribution in [2.45, 2.75) is 70.4 Å². The third kappa shape index (κ3) is 6.89. The smallest absolute Gasteiger partial charge is 0.224 e. The molecule has 1 aliphatic heterocycles. The molecule has 1 saturated heterocycles. The first-order chi connectivity index (χ1) is 16.7. The molecule has 1 aromatic carbocycles. The minimum absolute atomic E-state index is 0.00800. The van der Waals surface area contributed by atoms with Gasteiger partial charge in [0.15, 0.2) is 5.78 Å². The molecule has 10 heteroatoms. The molecule has 0 unspecified atom stereocenters. The first kappa shape index (κ1) is 27.7. The third-order valence-corrected chi connectivity index (χ3v) is 8.36. The number of carbonyl (C=O) groups excluding carboxylic acids is 3. The van der Waals surface area contributed by atoms with Crippen LogP contribution in [0.25, 0.3) is 10.9 Å². The van der Waals surface area contributed by atoms with Gasteiger partial charge in [-0.05, 0) is 50.9 Å². The Morgan fingerprint density at radius 2 is 2.00 bits per heavy atom. The molecule has 3 atom stereocenters. The summed E-state index contributed by atoms with van der Waals surface area (Å²) >= 11 is 6.15. The van der Waals surface area contributed by atoms with Gasteiger partial charge in [-0.2, -0.15) is 5.26 Å². The molecule has 0 spiro atoms. The summed E-state index contributed by atoms with van der Waals surface area (Å²) < 4.78 is 5.38. The lowest BCUT2D eigenvalue weighted by molar-refractivity contribution is -0.126. The summed E-state index contributed by atoms with van der Waals surface area (Å²) in [7, 11) is -0.202. The lowest BCUT2D eigenvalue weighted by atomic mass is 9.91. The standard InChI is InChI=1S/C26H35ClN4O4Si/c1-26(2)12-15(25(34)31-26)7-18(13-28)29-24(33)16(14-36(4,5)6)8-22(32)21-11-19-20(30-21)9-17(27)10-23(19)35-3/h9-11,15-16,18,30H,7-8,12,14H2,1-6H3,(H,29,33)(H,31,34)/t15-,16+,18+/m1/s1. The molecule has 194 valence electrons. The van der Waals surface area contributed by atoms with E-state index in [2.05, 4.69) is 41.3 Å². The maximum Gasteiger partial charge on any atom is 0.224 e. The van der Waals surface area contributed by atoms with Gasteiger partial charge in [-0.15, -0.1) is 0 Å². The molecule has 3 rings (SSSR count). The van der Waals surface area contributed by atoms with E-state index in [1.54, 1.807) is 18.2 Å². The van der Waals surface area contributed by atoms with Gasteiger partial charge in [0.1, 0.15) is 11.8 Å². The maximum absolute atomic E-state index is 13.3. The van der Waals surface area contributed by atoms with Crippen LogP contribution in [-0.4, -0.2) is 49.3 Å². The molecular weight excluding hydrogens is 496 g/mol. The highest BCUT2D eigenvalue weighted by molar-refractivity contribution is 6.76. The van der Waals surface area contributed by atoms with E-state index in [-0.39, 0.29) is 41.9 Å². The highest BCUT2D eigenvalue weighted by atomic mass is 35.5. The van der Waals surface area contributed by atoms with Crippen LogP contribution < -0.4 is 15.4 Å². The predicted molar refractivity (Wildman–Crippen MR) is 143 cm³/mol. The molecule has 2 amide bonds. The number of aromatic amines is 1. The van der Waals surface area contributed by atoms with Crippen LogP contribution in [0.1, 0.15) is 43.6 Å². The Labute approximate surface area is 218 Å². The van der Waals surface area contributed by atoms with Crippen LogP contribution >= 0.6 is 11.6 Å². The number of halogens is 1. The van der Waals surface area contributed by atoms with Gasteiger partial charge in [-0.3, -0.25) is 14.4 Å². The second kappa shape index (κ2) is 10.6. The summed E-state index contributed by atoms with van der Waals surface area (Å²) in [5, 5.41) is 16.7. The van der Waals surface area contributed by atoms with Crippen molar-refractivity contribution in [3.05, 3.63) is 28.9 Å². The Morgan fingerprint density at radius 1 is 1.31 bits per heavy atom. The molecule has 2 aromatic rings. The summed E-state index contributed by atoms with van der Waals surface area (Å²) in [5.74, 6) is -0.987. The molecule has 0 bridgehead atoms. The normalized spacial score (nSPS) is 18.8. The quantitative estimate of drug-likeness (QED) is 0.304. The summed E-state index contributed by atoms with van der Waals surface area (Å²) in [4.78, 5) is 42.0. The SMILES string of the molecule is COc1cc(Cl)cc2[nH]c(C(=O)C[C@@H](C[Si](C)(C)C)C(=O)N[C@H](C#N)C[C@@H]3CC(C)(C)NC3=O)cc12. The number of nitrogens with zero attached hydrogens (tertiary/aromatic N) is 1. The topological polar surface area (TPSA) is 124 Å². The van der Waals surface area contributed by atoms with E-state index < -0.39 is 20.0 Å². The van der Waals surface area contributed by atoms with Crippen LogP contribution in [0.5, 0.6) is 5.75 Å². The first-order valence-electron chi connectivity index (χ1n) is 12.1. The van der Waals surface area contributed by atoms with Crippen molar-refractivity contribution in [2.75, 3.05) is 7.11 Å². The van der Waals surface area contributed by atoms with E-state index in [1.807, 2.05) is 13.8 Å². The molecular formula is C26H35ClN4O4Si. The molecule has 1 fully saturated rings. The van der Waals surface area contributed by atoms with Crippen molar-refractivity contribution >= 4 is 48.2 Å². The predicted octanol–water partition coefficient (Wildman–Crippen LogP) is 4.67. The summed E-state index contributed by atoms with van der Waals surface area (Å²) in [6.45, 7) is 10.3. The maximum atomic E-state index is 13.3. The number of nitrogens with one attached hydrogen (secondary N) is 3. The average molecular weight is 531 g/mol. The minimum Gasteiger partial charge on any atom is -0.496 e. The zero-order valence-electron chi connectivity index (χ0n) is 21.8. The molecule has 0 aliphatic carbocycles. The zero-order valence-corrected chi connectivity index (χ0v) is 23.5. The van der Waals surface area contributed by atoms with Gasteiger partial charge in [0.05, 0.1) is 24.4 Å². The highest BCUT2D eigenvalue weighted by Crippen LogP contribution is 2.32. The monoisotopic (exact) mass is 530 g/mol. The van der Waals surface area contributed by atoms with Gasteiger partial charge in [0, 0.05) is 42.3 Å². The van der Waals surface area contributed by atoms with Crippen molar-refractivity contribution in [3.8, 4) is 11.8 Å². The Kier molecular flexibility index (Phi) is 8.21. The fourth-order valence-electron chi connectivity index (χ4n) is 4.92. The molecule has 1 aliphatic rings. The number of amides is 2. The van der Waals surface area contributed by atoms with Gasteiger partial charge in [0.2, 0.25) is 11.8 Å². The van der Waals surface area contributed by atoms with E-state index in [0.29, 0.717) is 34.4 Å². The van der Waals surface area contributed by atoms with Gasteiger partial charge in [-0.1, -0.05) is 31.2 Å². The summed E-state index contributed by atoms with van der Waals surface area (Å²) in [5.41, 5.74) is 0.724. The molecule has 1 aromatic heterocycles. The Bertz CT molecular complexity index is 1210. The number of rotatable bonds is 10. The largest absolute Gasteiger partial charge is 0.496 e. The number of methoxy groups -OCH3 is 1. The number of benzene rings is 1. The van der Waals surface area contributed by atoms with Crippen LogP contribution in [-0.2, 0) is 9.59 Å². The Morgan fingerprint density at radius 3 is 2.56 bits per heavy atom. The van der Waals surface area contributed by atoms with Gasteiger partial charge >= 0.3 is 0 Å². The highest BCUT2D eigenvalue weighted by Gasteiger charge is 2.39. The number of Topliss-reactive ketones (excluding diaryl/α,β-unsaturated/α-hetero) is 1. The third-order valence-electron chi connectivity index (χ3n) is 6.43. The lowest BCUT2D eigenvalue weighted by Gasteiger charge is -2.25. The molecule has 0 saturated carbocycles. The summed E-state index contributed by atoms with van der Waals surface area (Å²) in [6, 6.07) is 7.04. The van der Waals surface area contributed by atoms with E-state index in [4.69, 9.17) is 16.3 Å². The number of nitriles is 1. The second-order valence-corrected chi connectivity index (χ2v) is 17.5. The van der Waals surface area contributed by atoms with Crippen molar-refractivity contribution in [3.63, 3.8) is 0 Å².